The molecule has 0 aliphatic carbocycles. The van der Waals surface area contributed by atoms with E-state index in [1.165, 1.54) is 12.1 Å². The number of carbonyl (C=O) groups is 1. The van der Waals surface area contributed by atoms with Crippen LogP contribution in [0, 0.1) is 12.7 Å². The number of aliphatic hydroxyl groups is 1. The van der Waals surface area contributed by atoms with Crippen molar-refractivity contribution in [1.82, 2.24) is 5.32 Å². The number of hydrogen-bond donors (Lipinski definition) is 2. The molecule has 1 unspecified atom stereocenters. The summed E-state index contributed by atoms with van der Waals surface area (Å²) < 4.78 is 18.5. The molecular formula is C18H20FNO3. The smallest absolute Gasteiger partial charge is 0.224 e. The third-order valence-corrected chi connectivity index (χ3v) is 3.22. The number of aliphatic hydroxyl groups excluding tert-OH is 1. The van der Waals surface area contributed by atoms with Crippen LogP contribution >= 0.6 is 0 Å². The Bertz CT molecular complexity index is 660. The van der Waals surface area contributed by atoms with Crippen LogP contribution in [0.1, 0.15) is 11.1 Å². The number of nitrogens with one attached hydrogen (secondary N) is 1. The zero-order chi connectivity index (χ0) is 16.7. The minimum Gasteiger partial charge on any atom is -0.491 e. The van der Waals surface area contributed by atoms with Crippen LogP contribution in [0.3, 0.4) is 0 Å². The second-order valence-electron chi connectivity index (χ2n) is 5.39. The minimum absolute atomic E-state index is 0.0726. The third kappa shape index (κ3) is 6.08. The van der Waals surface area contributed by atoms with Crippen molar-refractivity contribution in [3.05, 3.63) is 65.5 Å². The summed E-state index contributed by atoms with van der Waals surface area (Å²) in [5.74, 6) is 0.0298. The molecule has 0 saturated carbocycles. The first-order valence-corrected chi connectivity index (χ1v) is 7.41. The largest absolute Gasteiger partial charge is 0.491 e. The summed E-state index contributed by atoms with van der Waals surface area (Å²) >= 11 is 0. The van der Waals surface area contributed by atoms with E-state index in [-0.39, 0.29) is 31.3 Å². The molecule has 0 aliphatic rings. The molecule has 0 bridgehead atoms. The fourth-order valence-electron chi connectivity index (χ4n) is 2.08. The normalized spacial score (nSPS) is 11.8. The highest BCUT2D eigenvalue weighted by Crippen LogP contribution is 2.12. The predicted molar refractivity (Wildman–Crippen MR) is 85.8 cm³/mol. The van der Waals surface area contributed by atoms with E-state index in [4.69, 9.17) is 4.74 Å². The van der Waals surface area contributed by atoms with Crippen molar-refractivity contribution in [3.8, 4) is 5.75 Å². The van der Waals surface area contributed by atoms with Gasteiger partial charge in [0.2, 0.25) is 5.91 Å². The van der Waals surface area contributed by atoms with Gasteiger partial charge in [0, 0.05) is 6.54 Å². The fourth-order valence-corrected chi connectivity index (χ4v) is 2.08. The maximum atomic E-state index is 13.0. The monoisotopic (exact) mass is 317 g/mol. The molecule has 2 N–H and O–H groups in total. The summed E-state index contributed by atoms with van der Waals surface area (Å²) in [7, 11) is 0. The molecule has 0 heterocycles. The first kappa shape index (κ1) is 17.0. The van der Waals surface area contributed by atoms with Crippen LogP contribution in [-0.4, -0.2) is 30.3 Å². The van der Waals surface area contributed by atoms with Gasteiger partial charge in [0.1, 0.15) is 24.3 Å². The maximum Gasteiger partial charge on any atom is 0.224 e. The van der Waals surface area contributed by atoms with Crippen molar-refractivity contribution in [2.24, 2.45) is 0 Å². The maximum absolute atomic E-state index is 13.0. The number of amides is 1. The van der Waals surface area contributed by atoms with Gasteiger partial charge < -0.3 is 15.2 Å². The lowest BCUT2D eigenvalue weighted by molar-refractivity contribution is -0.121. The number of ether oxygens (including phenoxy) is 1. The van der Waals surface area contributed by atoms with Gasteiger partial charge >= 0.3 is 0 Å². The molecule has 0 fully saturated rings. The Labute approximate surface area is 134 Å². The Morgan fingerprint density at radius 2 is 2.04 bits per heavy atom. The molecule has 0 aliphatic heterocycles. The molecule has 0 saturated heterocycles. The second-order valence-corrected chi connectivity index (χ2v) is 5.39. The van der Waals surface area contributed by atoms with Gasteiger partial charge in [-0.25, -0.2) is 4.39 Å². The van der Waals surface area contributed by atoms with Crippen molar-refractivity contribution in [2.45, 2.75) is 19.4 Å². The van der Waals surface area contributed by atoms with Crippen LogP contribution in [0.2, 0.25) is 0 Å². The van der Waals surface area contributed by atoms with Crippen LogP contribution in [-0.2, 0) is 11.2 Å². The summed E-state index contributed by atoms with van der Waals surface area (Å²) in [6, 6.07) is 13.4. The standard InChI is InChI=1S/C18H20FNO3/c1-13-4-2-7-17(8-13)23-12-16(21)11-20-18(22)10-14-5-3-6-15(19)9-14/h2-9,16,21H,10-12H2,1H3,(H,20,22). The van der Waals surface area contributed by atoms with E-state index >= 15 is 0 Å². The Morgan fingerprint density at radius 3 is 2.78 bits per heavy atom. The van der Waals surface area contributed by atoms with Gasteiger partial charge in [0.15, 0.2) is 0 Å². The summed E-state index contributed by atoms with van der Waals surface area (Å²) in [5.41, 5.74) is 1.66. The predicted octanol–water partition coefficient (Wildman–Crippen LogP) is 2.23. The van der Waals surface area contributed by atoms with Crippen LogP contribution in [0.5, 0.6) is 5.75 Å². The summed E-state index contributed by atoms with van der Waals surface area (Å²) in [6.07, 6.45) is -0.740. The molecule has 0 radical (unpaired) electrons. The van der Waals surface area contributed by atoms with Gasteiger partial charge in [-0.15, -0.1) is 0 Å². The highest BCUT2D eigenvalue weighted by molar-refractivity contribution is 5.78. The topological polar surface area (TPSA) is 58.6 Å². The molecule has 2 rings (SSSR count). The number of halogens is 1. The molecule has 2 aromatic carbocycles. The SMILES string of the molecule is Cc1cccc(OCC(O)CNC(=O)Cc2cccc(F)c2)c1. The number of hydrogen-bond acceptors (Lipinski definition) is 3. The zero-order valence-corrected chi connectivity index (χ0v) is 13.0. The fraction of sp³-hybridized carbons (Fsp3) is 0.278. The Balaban J connectivity index is 1.71. The Hall–Kier alpha value is -2.40. The van der Waals surface area contributed by atoms with Crippen LogP contribution < -0.4 is 10.1 Å². The molecule has 5 heteroatoms. The summed E-state index contributed by atoms with van der Waals surface area (Å²) in [6.45, 7) is 2.12. The first-order valence-electron chi connectivity index (χ1n) is 7.41. The van der Waals surface area contributed by atoms with Crippen molar-refractivity contribution in [1.29, 1.82) is 0 Å². The average molecular weight is 317 g/mol. The van der Waals surface area contributed by atoms with E-state index < -0.39 is 6.10 Å². The molecule has 122 valence electrons. The van der Waals surface area contributed by atoms with Gasteiger partial charge in [0.05, 0.1) is 6.42 Å². The highest BCUT2D eigenvalue weighted by atomic mass is 19.1. The molecule has 23 heavy (non-hydrogen) atoms. The van der Waals surface area contributed by atoms with E-state index in [0.29, 0.717) is 11.3 Å². The lowest BCUT2D eigenvalue weighted by Crippen LogP contribution is -2.36. The van der Waals surface area contributed by atoms with Gasteiger partial charge in [-0.2, -0.15) is 0 Å². The number of rotatable bonds is 7. The number of aryl methyl sites for hydroxylation is 1. The molecule has 0 spiro atoms. The van der Waals surface area contributed by atoms with Crippen LogP contribution in [0.25, 0.3) is 0 Å². The molecule has 1 atom stereocenters. The minimum atomic E-state index is -0.813. The molecular weight excluding hydrogens is 297 g/mol. The average Bonchev–Trinajstić information content (AvgIpc) is 2.51. The summed E-state index contributed by atoms with van der Waals surface area (Å²) in [4.78, 5) is 11.8. The van der Waals surface area contributed by atoms with Gasteiger partial charge in [-0.3, -0.25) is 4.79 Å². The molecule has 0 aromatic heterocycles. The van der Waals surface area contributed by atoms with Crippen molar-refractivity contribution in [2.75, 3.05) is 13.2 Å². The first-order chi connectivity index (χ1) is 11.0. The number of carbonyl (C=O) groups excluding carboxylic acids is 1. The van der Waals surface area contributed by atoms with Gasteiger partial charge in [0.25, 0.3) is 0 Å². The summed E-state index contributed by atoms with van der Waals surface area (Å²) in [5, 5.41) is 12.4. The van der Waals surface area contributed by atoms with Crippen molar-refractivity contribution < 1.29 is 19.0 Å². The van der Waals surface area contributed by atoms with Crippen LogP contribution in [0.4, 0.5) is 4.39 Å². The second kappa shape index (κ2) is 8.29. The van der Waals surface area contributed by atoms with Crippen molar-refractivity contribution >= 4 is 5.91 Å². The zero-order valence-electron chi connectivity index (χ0n) is 13.0. The van der Waals surface area contributed by atoms with Gasteiger partial charge in [-0.05, 0) is 42.3 Å². The van der Waals surface area contributed by atoms with Crippen molar-refractivity contribution in [3.63, 3.8) is 0 Å². The number of benzene rings is 2. The van der Waals surface area contributed by atoms with Gasteiger partial charge in [-0.1, -0.05) is 24.3 Å². The van der Waals surface area contributed by atoms with Crippen LogP contribution in [0.15, 0.2) is 48.5 Å². The van der Waals surface area contributed by atoms with E-state index in [9.17, 15) is 14.3 Å². The lowest BCUT2D eigenvalue weighted by Gasteiger charge is -2.13. The Kier molecular flexibility index (Phi) is 6.11. The van der Waals surface area contributed by atoms with E-state index in [1.54, 1.807) is 12.1 Å². The Morgan fingerprint density at radius 1 is 1.26 bits per heavy atom. The lowest BCUT2D eigenvalue weighted by atomic mass is 10.1. The highest BCUT2D eigenvalue weighted by Gasteiger charge is 2.09. The molecule has 2 aromatic rings. The molecule has 1 amide bonds. The quantitative estimate of drug-likeness (QED) is 0.823. The third-order valence-electron chi connectivity index (χ3n) is 3.22. The van der Waals surface area contributed by atoms with E-state index in [2.05, 4.69) is 5.32 Å². The molecule has 4 nitrogen and oxygen atoms in total. The van der Waals surface area contributed by atoms with E-state index in [1.807, 2.05) is 31.2 Å². The van der Waals surface area contributed by atoms with E-state index in [0.717, 1.165) is 5.56 Å².